The van der Waals surface area contributed by atoms with Crippen molar-refractivity contribution in [1.29, 1.82) is 0 Å². The Morgan fingerprint density at radius 1 is 1.29 bits per heavy atom. The zero-order valence-electron chi connectivity index (χ0n) is 13.8. The lowest BCUT2D eigenvalue weighted by Gasteiger charge is -2.52. The molecule has 1 aliphatic heterocycles. The van der Waals surface area contributed by atoms with Crippen molar-refractivity contribution < 1.29 is 0 Å². The minimum atomic E-state index is 0.398. The summed E-state index contributed by atoms with van der Waals surface area (Å²) in [4.78, 5) is 4.35. The molecule has 2 fully saturated rings. The van der Waals surface area contributed by atoms with Crippen LogP contribution in [0.1, 0.15) is 63.8 Å². The van der Waals surface area contributed by atoms with E-state index >= 15 is 0 Å². The fraction of sp³-hybridized carbons (Fsp3) is 0.778. The first-order valence-corrected chi connectivity index (χ1v) is 9.53. The molecular formula is C18H30N2S. The van der Waals surface area contributed by atoms with Gasteiger partial charge in [-0.25, -0.2) is 0 Å². The largest absolute Gasteiger partial charge is 0.308 e. The summed E-state index contributed by atoms with van der Waals surface area (Å²) in [6.45, 7) is 9.54. The third-order valence-electron chi connectivity index (χ3n) is 5.46. The van der Waals surface area contributed by atoms with Crippen LogP contribution in [0.15, 0.2) is 17.5 Å². The van der Waals surface area contributed by atoms with Gasteiger partial charge in [0, 0.05) is 35.6 Å². The van der Waals surface area contributed by atoms with Crippen molar-refractivity contribution in [3.05, 3.63) is 22.4 Å². The van der Waals surface area contributed by atoms with E-state index in [1.807, 2.05) is 11.3 Å². The number of nitrogens with zero attached hydrogens (tertiary/aromatic N) is 1. The molecule has 1 aromatic heterocycles. The predicted molar refractivity (Wildman–Crippen MR) is 91.9 cm³/mol. The molecule has 1 saturated heterocycles. The van der Waals surface area contributed by atoms with Crippen molar-refractivity contribution in [2.24, 2.45) is 5.92 Å². The van der Waals surface area contributed by atoms with Gasteiger partial charge in [-0.1, -0.05) is 39.2 Å². The normalized spacial score (nSPS) is 28.1. The van der Waals surface area contributed by atoms with Crippen LogP contribution in [0.25, 0.3) is 0 Å². The van der Waals surface area contributed by atoms with Gasteiger partial charge in [-0.2, -0.15) is 0 Å². The molecule has 0 amide bonds. The smallest absolute Gasteiger partial charge is 0.0468 e. The average Bonchev–Trinajstić information content (AvgIpc) is 2.98. The van der Waals surface area contributed by atoms with Gasteiger partial charge in [0.05, 0.1) is 0 Å². The number of thiophene rings is 1. The third-order valence-corrected chi connectivity index (χ3v) is 6.40. The van der Waals surface area contributed by atoms with Crippen molar-refractivity contribution in [3.63, 3.8) is 0 Å². The molecule has 118 valence electrons. The van der Waals surface area contributed by atoms with Crippen LogP contribution in [-0.4, -0.2) is 29.6 Å². The lowest BCUT2D eigenvalue weighted by Crippen LogP contribution is -2.64. The molecule has 0 bridgehead atoms. The summed E-state index contributed by atoms with van der Waals surface area (Å²) in [5, 5.41) is 6.15. The van der Waals surface area contributed by atoms with Crippen LogP contribution in [0, 0.1) is 5.92 Å². The van der Waals surface area contributed by atoms with Crippen molar-refractivity contribution in [3.8, 4) is 0 Å². The number of nitrogens with one attached hydrogen (secondary N) is 1. The van der Waals surface area contributed by atoms with Crippen molar-refractivity contribution >= 4 is 11.3 Å². The molecule has 0 radical (unpaired) electrons. The average molecular weight is 307 g/mol. The Hall–Kier alpha value is -0.380. The second-order valence-electron chi connectivity index (χ2n) is 7.45. The second-order valence-corrected chi connectivity index (χ2v) is 8.43. The molecule has 1 spiro atoms. The molecule has 2 nitrogen and oxygen atoms in total. The molecule has 1 aromatic rings. The highest BCUT2D eigenvalue weighted by Crippen LogP contribution is 2.39. The summed E-state index contributed by atoms with van der Waals surface area (Å²) < 4.78 is 0. The van der Waals surface area contributed by atoms with E-state index in [4.69, 9.17) is 0 Å². The topological polar surface area (TPSA) is 15.3 Å². The van der Waals surface area contributed by atoms with Crippen LogP contribution in [0.3, 0.4) is 0 Å². The first-order chi connectivity index (χ1) is 10.1. The molecule has 0 aromatic carbocycles. The molecule has 1 aliphatic carbocycles. The van der Waals surface area contributed by atoms with E-state index in [9.17, 15) is 0 Å². The minimum Gasteiger partial charge on any atom is -0.308 e. The van der Waals surface area contributed by atoms with Crippen LogP contribution >= 0.6 is 11.3 Å². The van der Waals surface area contributed by atoms with E-state index < -0.39 is 0 Å². The number of rotatable bonds is 3. The highest BCUT2D eigenvalue weighted by molar-refractivity contribution is 7.10. The van der Waals surface area contributed by atoms with Crippen molar-refractivity contribution in [2.75, 3.05) is 13.1 Å². The fourth-order valence-corrected chi connectivity index (χ4v) is 5.33. The SMILES string of the molecule is CC(C)C(c1cccs1)N1CC2(CCCCC2)NCC1C. The van der Waals surface area contributed by atoms with E-state index in [1.165, 1.54) is 38.6 Å². The first kappa shape index (κ1) is 15.5. The summed E-state index contributed by atoms with van der Waals surface area (Å²) >= 11 is 1.93. The quantitative estimate of drug-likeness (QED) is 0.888. The highest BCUT2D eigenvalue weighted by atomic mass is 32.1. The van der Waals surface area contributed by atoms with Crippen molar-refractivity contribution in [2.45, 2.75) is 70.5 Å². The van der Waals surface area contributed by atoms with Crippen LogP contribution in [0.5, 0.6) is 0 Å². The van der Waals surface area contributed by atoms with E-state index in [0.717, 1.165) is 6.54 Å². The van der Waals surface area contributed by atoms with Gasteiger partial charge in [-0.05, 0) is 37.1 Å². The van der Waals surface area contributed by atoms with Gasteiger partial charge in [0.2, 0.25) is 0 Å². The number of piperazine rings is 1. The third kappa shape index (κ3) is 3.20. The van der Waals surface area contributed by atoms with Gasteiger partial charge in [0.15, 0.2) is 0 Å². The molecule has 1 N–H and O–H groups in total. The summed E-state index contributed by atoms with van der Waals surface area (Å²) in [6.07, 6.45) is 6.97. The zero-order valence-corrected chi connectivity index (χ0v) is 14.6. The number of hydrogen-bond acceptors (Lipinski definition) is 3. The number of hydrogen-bond donors (Lipinski definition) is 1. The molecule has 2 aliphatic rings. The van der Waals surface area contributed by atoms with Crippen molar-refractivity contribution in [1.82, 2.24) is 10.2 Å². The predicted octanol–water partition coefficient (Wildman–Crippen LogP) is 4.44. The maximum Gasteiger partial charge on any atom is 0.0468 e. The Morgan fingerprint density at radius 3 is 2.67 bits per heavy atom. The van der Waals surface area contributed by atoms with Gasteiger partial charge in [0.25, 0.3) is 0 Å². The standard InChI is InChI=1S/C18H30N2S/c1-14(2)17(16-8-7-11-21-16)20-13-18(19-12-15(20)3)9-5-4-6-10-18/h7-8,11,14-15,17,19H,4-6,9-10,12-13H2,1-3H3. The molecule has 21 heavy (non-hydrogen) atoms. The summed E-state index contributed by atoms with van der Waals surface area (Å²) in [5.41, 5.74) is 0.398. The Kier molecular flexibility index (Phi) is 4.72. The van der Waals surface area contributed by atoms with Gasteiger partial charge in [-0.15, -0.1) is 11.3 Å². The Morgan fingerprint density at radius 2 is 2.05 bits per heavy atom. The monoisotopic (exact) mass is 306 g/mol. The van der Waals surface area contributed by atoms with Crippen LogP contribution in [0.4, 0.5) is 0 Å². The first-order valence-electron chi connectivity index (χ1n) is 8.65. The summed E-state index contributed by atoms with van der Waals surface area (Å²) in [6, 6.07) is 5.75. The Balaban J connectivity index is 1.83. The van der Waals surface area contributed by atoms with Gasteiger partial charge in [-0.3, -0.25) is 4.90 Å². The maximum absolute atomic E-state index is 3.92. The molecular weight excluding hydrogens is 276 g/mol. The second kappa shape index (κ2) is 6.39. The van der Waals surface area contributed by atoms with E-state index in [-0.39, 0.29) is 0 Å². The molecule has 2 atom stereocenters. The maximum atomic E-state index is 3.92. The zero-order chi connectivity index (χ0) is 14.9. The van der Waals surface area contributed by atoms with Crippen LogP contribution < -0.4 is 5.32 Å². The molecule has 3 rings (SSSR count). The van der Waals surface area contributed by atoms with Gasteiger partial charge >= 0.3 is 0 Å². The summed E-state index contributed by atoms with van der Waals surface area (Å²) in [5.74, 6) is 0.671. The Bertz CT molecular complexity index is 434. The highest BCUT2D eigenvalue weighted by Gasteiger charge is 2.41. The molecule has 2 heterocycles. The van der Waals surface area contributed by atoms with E-state index in [1.54, 1.807) is 4.88 Å². The minimum absolute atomic E-state index is 0.398. The summed E-state index contributed by atoms with van der Waals surface area (Å²) in [7, 11) is 0. The fourth-order valence-electron chi connectivity index (χ4n) is 4.31. The van der Waals surface area contributed by atoms with Crippen LogP contribution in [0.2, 0.25) is 0 Å². The van der Waals surface area contributed by atoms with E-state index in [2.05, 4.69) is 48.5 Å². The Labute approximate surface area is 133 Å². The molecule has 2 unspecified atom stereocenters. The lowest BCUT2D eigenvalue weighted by atomic mass is 9.78. The van der Waals surface area contributed by atoms with E-state index in [0.29, 0.717) is 23.5 Å². The van der Waals surface area contributed by atoms with Gasteiger partial charge in [0.1, 0.15) is 0 Å². The lowest BCUT2D eigenvalue weighted by molar-refractivity contribution is 0.0161. The molecule has 3 heteroatoms. The van der Waals surface area contributed by atoms with Gasteiger partial charge < -0.3 is 5.32 Å². The van der Waals surface area contributed by atoms with Crippen LogP contribution in [-0.2, 0) is 0 Å². The molecule has 1 saturated carbocycles.